The van der Waals surface area contributed by atoms with Crippen LogP contribution in [-0.4, -0.2) is 33.9 Å². The van der Waals surface area contributed by atoms with Crippen molar-refractivity contribution < 1.29 is 14.3 Å². The van der Waals surface area contributed by atoms with Crippen molar-refractivity contribution in [3.8, 4) is 11.6 Å². The summed E-state index contributed by atoms with van der Waals surface area (Å²) >= 11 is 12.0. The van der Waals surface area contributed by atoms with Crippen LogP contribution in [0.15, 0.2) is 42.5 Å². The molecule has 0 aliphatic heterocycles. The van der Waals surface area contributed by atoms with Gasteiger partial charge in [0, 0.05) is 10.7 Å². The fourth-order valence-corrected chi connectivity index (χ4v) is 2.84. The van der Waals surface area contributed by atoms with Crippen molar-refractivity contribution in [2.24, 2.45) is 0 Å². The summed E-state index contributed by atoms with van der Waals surface area (Å²) in [5.74, 6) is 0.464. The number of pyridine rings is 1. The van der Waals surface area contributed by atoms with Gasteiger partial charge in [-0.15, -0.1) is 0 Å². The molecule has 0 aliphatic rings. The Labute approximate surface area is 166 Å². The maximum absolute atomic E-state index is 12.3. The SMILES string of the molecule is Cc1cc(C)n(-c2ccc(Cl)c(C(=O)OCCOc3cccc(Cl)c3)n2)n1. The lowest BCUT2D eigenvalue weighted by Crippen LogP contribution is -2.15. The molecule has 0 unspecified atom stereocenters. The Balaban J connectivity index is 1.64. The first kappa shape index (κ1) is 19.2. The number of hydrogen-bond acceptors (Lipinski definition) is 5. The predicted molar refractivity (Wildman–Crippen MR) is 103 cm³/mol. The number of rotatable bonds is 6. The van der Waals surface area contributed by atoms with Gasteiger partial charge < -0.3 is 9.47 Å². The lowest BCUT2D eigenvalue weighted by molar-refractivity contribution is 0.0444. The summed E-state index contributed by atoms with van der Waals surface area (Å²) in [6.07, 6.45) is 0. The normalized spacial score (nSPS) is 10.7. The van der Waals surface area contributed by atoms with E-state index in [4.69, 9.17) is 32.7 Å². The van der Waals surface area contributed by atoms with Crippen LogP contribution < -0.4 is 4.74 Å². The molecule has 140 valence electrons. The molecule has 0 N–H and O–H groups in total. The van der Waals surface area contributed by atoms with E-state index in [0.29, 0.717) is 16.6 Å². The van der Waals surface area contributed by atoms with E-state index in [1.54, 1.807) is 41.1 Å². The Kier molecular flexibility index (Phi) is 5.98. The Morgan fingerprint density at radius 1 is 1.11 bits per heavy atom. The molecule has 27 heavy (non-hydrogen) atoms. The van der Waals surface area contributed by atoms with E-state index in [2.05, 4.69) is 10.1 Å². The number of halogens is 2. The van der Waals surface area contributed by atoms with Crippen molar-refractivity contribution in [2.45, 2.75) is 13.8 Å². The second-order valence-electron chi connectivity index (χ2n) is 5.78. The van der Waals surface area contributed by atoms with Crippen LogP contribution in [0.3, 0.4) is 0 Å². The summed E-state index contributed by atoms with van der Waals surface area (Å²) in [5.41, 5.74) is 1.78. The third-order valence-electron chi connectivity index (χ3n) is 3.63. The van der Waals surface area contributed by atoms with E-state index in [-0.39, 0.29) is 23.9 Å². The van der Waals surface area contributed by atoms with Crippen LogP contribution in [0, 0.1) is 13.8 Å². The number of aromatic nitrogens is 3. The van der Waals surface area contributed by atoms with Crippen molar-refractivity contribution in [3.63, 3.8) is 0 Å². The van der Waals surface area contributed by atoms with Crippen LogP contribution >= 0.6 is 23.2 Å². The van der Waals surface area contributed by atoms with Crippen LogP contribution in [0.5, 0.6) is 5.75 Å². The summed E-state index contributed by atoms with van der Waals surface area (Å²) in [7, 11) is 0. The van der Waals surface area contributed by atoms with Gasteiger partial charge in [-0.2, -0.15) is 5.10 Å². The maximum atomic E-state index is 12.3. The van der Waals surface area contributed by atoms with E-state index in [9.17, 15) is 4.79 Å². The van der Waals surface area contributed by atoms with Crippen LogP contribution in [0.2, 0.25) is 10.0 Å². The zero-order valence-corrected chi connectivity index (χ0v) is 16.3. The number of benzene rings is 1. The molecule has 0 radical (unpaired) electrons. The molecular weight excluding hydrogens is 389 g/mol. The van der Waals surface area contributed by atoms with Crippen molar-refractivity contribution >= 4 is 29.2 Å². The first-order valence-corrected chi connectivity index (χ1v) is 8.95. The Morgan fingerprint density at radius 2 is 1.93 bits per heavy atom. The van der Waals surface area contributed by atoms with Gasteiger partial charge >= 0.3 is 5.97 Å². The maximum Gasteiger partial charge on any atom is 0.358 e. The molecule has 0 saturated heterocycles. The minimum Gasteiger partial charge on any atom is -0.490 e. The number of nitrogens with zero attached hydrogens (tertiary/aromatic N) is 3. The minimum absolute atomic E-state index is 0.0319. The first-order chi connectivity index (χ1) is 12.9. The van der Waals surface area contributed by atoms with Gasteiger partial charge in [-0.05, 0) is 50.2 Å². The predicted octanol–water partition coefficient (Wildman–Crippen LogP) is 4.43. The molecule has 0 fully saturated rings. The average Bonchev–Trinajstić information content (AvgIpc) is 2.97. The summed E-state index contributed by atoms with van der Waals surface area (Å²) in [4.78, 5) is 16.6. The Bertz CT molecular complexity index is 973. The zero-order valence-electron chi connectivity index (χ0n) is 14.8. The molecule has 2 aromatic heterocycles. The highest BCUT2D eigenvalue weighted by molar-refractivity contribution is 6.33. The second kappa shape index (κ2) is 8.41. The third kappa shape index (κ3) is 4.78. The molecule has 0 amide bonds. The van der Waals surface area contributed by atoms with Crippen LogP contribution in [0.4, 0.5) is 0 Å². The van der Waals surface area contributed by atoms with Gasteiger partial charge in [-0.3, -0.25) is 0 Å². The molecule has 0 bridgehead atoms. The summed E-state index contributed by atoms with van der Waals surface area (Å²) in [6.45, 7) is 4.02. The van der Waals surface area contributed by atoms with Gasteiger partial charge in [0.1, 0.15) is 19.0 Å². The van der Waals surface area contributed by atoms with Crippen LogP contribution in [-0.2, 0) is 4.74 Å². The molecule has 0 saturated carbocycles. The lowest BCUT2D eigenvalue weighted by Gasteiger charge is -2.09. The molecule has 3 aromatic rings. The largest absolute Gasteiger partial charge is 0.490 e. The van der Waals surface area contributed by atoms with Gasteiger partial charge in [-0.1, -0.05) is 29.3 Å². The van der Waals surface area contributed by atoms with Crippen LogP contribution in [0.1, 0.15) is 21.9 Å². The van der Waals surface area contributed by atoms with Crippen molar-refractivity contribution in [1.29, 1.82) is 0 Å². The van der Waals surface area contributed by atoms with Crippen molar-refractivity contribution in [1.82, 2.24) is 14.8 Å². The second-order valence-corrected chi connectivity index (χ2v) is 6.62. The van der Waals surface area contributed by atoms with E-state index < -0.39 is 5.97 Å². The van der Waals surface area contributed by atoms with E-state index in [0.717, 1.165) is 11.4 Å². The number of esters is 1. The molecule has 0 spiro atoms. The van der Waals surface area contributed by atoms with Gasteiger partial charge in [0.15, 0.2) is 11.5 Å². The van der Waals surface area contributed by atoms with Crippen LogP contribution in [0.25, 0.3) is 5.82 Å². The quantitative estimate of drug-likeness (QED) is 0.448. The van der Waals surface area contributed by atoms with Crippen molar-refractivity contribution in [3.05, 3.63) is 69.6 Å². The van der Waals surface area contributed by atoms with Gasteiger partial charge in [0.2, 0.25) is 0 Å². The monoisotopic (exact) mass is 405 g/mol. The number of ether oxygens (including phenoxy) is 2. The van der Waals surface area contributed by atoms with E-state index >= 15 is 0 Å². The average molecular weight is 406 g/mol. The number of carbonyl (C=O) groups excluding carboxylic acids is 1. The highest BCUT2D eigenvalue weighted by Gasteiger charge is 2.16. The Morgan fingerprint density at radius 3 is 2.63 bits per heavy atom. The molecule has 3 rings (SSSR count). The third-order valence-corrected chi connectivity index (χ3v) is 4.17. The highest BCUT2D eigenvalue weighted by Crippen LogP contribution is 2.19. The van der Waals surface area contributed by atoms with E-state index in [1.165, 1.54) is 0 Å². The fraction of sp³-hybridized carbons (Fsp3) is 0.211. The fourth-order valence-electron chi connectivity index (χ4n) is 2.47. The molecule has 0 atom stereocenters. The molecule has 0 aliphatic carbocycles. The molecule has 2 heterocycles. The summed E-state index contributed by atoms with van der Waals surface area (Å²) in [6, 6.07) is 12.2. The topological polar surface area (TPSA) is 66.2 Å². The van der Waals surface area contributed by atoms with Gasteiger partial charge in [0.05, 0.1) is 10.7 Å². The standard InChI is InChI=1S/C19H17Cl2N3O3/c1-12-10-13(2)24(23-12)17-7-6-16(21)18(22-17)19(25)27-9-8-26-15-5-3-4-14(20)11-15/h3-7,10-11H,8-9H2,1-2H3. The first-order valence-electron chi connectivity index (χ1n) is 8.20. The summed E-state index contributed by atoms with van der Waals surface area (Å²) in [5, 5.41) is 5.13. The zero-order chi connectivity index (χ0) is 19.4. The number of aryl methyl sites for hydroxylation is 2. The smallest absolute Gasteiger partial charge is 0.358 e. The highest BCUT2D eigenvalue weighted by atomic mass is 35.5. The molecular formula is C19H17Cl2N3O3. The van der Waals surface area contributed by atoms with Gasteiger partial charge in [0.25, 0.3) is 0 Å². The van der Waals surface area contributed by atoms with Gasteiger partial charge in [-0.25, -0.2) is 14.5 Å². The molecule has 1 aromatic carbocycles. The lowest BCUT2D eigenvalue weighted by atomic mass is 10.3. The van der Waals surface area contributed by atoms with Crippen molar-refractivity contribution in [2.75, 3.05) is 13.2 Å². The summed E-state index contributed by atoms with van der Waals surface area (Å²) < 4.78 is 12.3. The van der Waals surface area contributed by atoms with E-state index in [1.807, 2.05) is 19.9 Å². The number of hydrogen-bond donors (Lipinski definition) is 0. The molecule has 6 nitrogen and oxygen atoms in total. The Hall–Kier alpha value is -2.57. The number of carbonyl (C=O) groups is 1. The minimum atomic E-state index is -0.627. The molecule has 8 heteroatoms.